The van der Waals surface area contributed by atoms with Crippen molar-refractivity contribution in [3.63, 3.8) is 0 Å². The number of nitrogens with zero attached hydrogens (tertiary/aromatic N) is 2. The second-order valence-corrected chi connectivity index (χ2v) is 5.32. The first-order valence-electron chi connectivity index (χ1n) is 7.48. The molecular formula is C19H18N2O2. The van der Waals surface area contributed by atoms with Crippen molar-refractivity contribution in [3.8, 4) is 0 Å². The van der Waals surface area contributed by atoms with Gasteiger partial charge in [-0.25, -0.2) is 4.98 Å². The van der Waals surface area contributed by atoms with Gasteiger partial charge in [0.05, 0.1) is 0 Å². The van der Waals surface area contributed by atoms with Gasteiger partial charge in [0.25, 0.3) is 0 Å². The van der Waals surface area contributed by atoms with Gasteiger partial charge in [-0.2, -0.15) is 0 Å². The van der Waals surface area contributed by atoms with Crippen LogP contribution in [0.3, 0.4) is 0 Å². The molecule has 2 aromatic carbocycles. The molecule has 0 unspecified atom stereocenters. The summed E-state index contributed by atoms with van der Waals surface area (Å²) < 4.78 is 7.36. The Morgan fingerprint density at radius 1 is 1.04 bits per heavy atom. The Labute approximate surface area is 135 Å². The van der Waals surface area contributed by atoms with Crippen molar-refractivity contribution in [2.45, 2.75) is 12.5 Å². The number of imidazole rings is 1. The van der Waals surface area contributed by atoms with E-state index in [0.29, 0.717) is 0 Å². The molecule has 0 saturated carbocycles. The third-order valence-electron chi connectivity index (χ3n) is 3.77. The Balaban J connectivity index is 1.83. The van der Waals surface area contributed by atoms with Gasteiger partial charge in [-0.15, -0.1) is 0 Å². The molecule has 4 nitrogen and oxygen atoms in total. The van der Waals surface area contributed by atoms with Crippen LogP contribution >= 0.6 is 0 Å². The van der Waals surface area contributed by atoms with Crippen molar-refractivity contribution in [2.24, 2.45) is 7.05 Å². The molecule has 0 spiro atoms. The van der Waals surface area contributed by atoms with Gasteiger partial charge in [0, 0.05) is 19.4 Å². The third-order valence-corrected chi connectivity index (χ3v) is 3.77. The first-order valence-corrected chi connectivity index (χ1v) is 7.48. The van der Waals surface area contributed by atoms with E-state index < -0.39 is 5.92 Å². The molecule has 1 aromatic heterocycles. The Morgan fingerprint density at radius 3 is 2.09 bits per heavy atom. The maximum absolute atomic E-state index is 12.7. The Hall–Kier alpha value is -2.88. The summed E-state index contributed by atoms with van der Waals surface area (Å²) in [5.74, 6) is 0.0151. The SMILES string of the molecule is Cn1ccnc1COC(=O)C(c1ccccc1)c1ccccc1. The van der Waals surface area contributed by atoms with Crippen molar-refractivity contribution in [2.75, 3.05) is 0 Å². The molecule has 4 heteroatoms. The van der Waals surface area contributed by atoms with Crippen LogP contribution in [0.25, 0.3) is 0 Å². The quantitative estimate of drug-likeness (QED) is 0.679. The van der Waals surface area contributed by atoms with Crippen LogP contribution in [0.2, 0.25) is 0 Å². The fraction of sp³-hybridized carbons (Fsp3) is 0.158. The summed E-state index contributed by atoms with van der Waals surface area (Å²) in [5, 5.41) is 0. The van der Waals surface area contributed by atoms with Gasteiger partial charge < -0.3 is 9.30 Å². The van der Waals surface area contributed by atoms with Gasteiger partial charge in [0.15, 0.2) is 0 Å². The van der Waals surface area contributed by atoms with Crippen LogP contribution in [0.15, 0.2) is 73.1 Å². The minimum absolute atomic E-state index is 0.165. The predicted molar refractivity (Wildman–Crippen MR) is 87.7 cm³/mol. The molecule has 1 heterocycles. The van der Waals surface area contributed by atoms with E-state index in [-0.39, 0.29) is 12.6 Å². The lowest BCUT2D eigenvalue weighted by Crippen LogP contribution is -2.18. The number of hydrogen-bond acceptors (Lipinski definition) is 3. The molecule has 0 bridgehead atoms. The first-order chi connectivity index (χ1) is 11.3. The Kier molecular flexibility index (Phi) is 4.52. The maximum atomic E-state index is 12.7. The van der Waals surface area contributed by atoms with E-state index in [1.165, 1.54) is 0 Å². The van der Waals surface area contributed by atoms with Crippen molar-refractivity contribution in [1.82, 2.24) is 9.55 Å². The van der Waals surface area contributed by atoms with E-state index >= 15 is 0 Å². The topological polar surface area (TPSA) is 44.1 Å². The fourth-order valence-corrected chi connectivity index (χ4v) is 2.51. The molecule has 23 heavy (non-hydrogen) atoms. The highest BCUT2D eigenvalue weighted by Gasteiger charge is 2.24. The van der Waals surface area contributed by atoms with Gasteiger partial charge in [0.2, 0.25) is 0 Å². The zero-order chi connectivity index (χ0) is 16.1. The lowest BCUT2D eigenvalue weighted by atomic mass is 9.91. The van der Waals surface area contributed by atoms with Gasteiger partial charge in [-0.3, -0.25) is 4.79 Å². The third kappa shape index (κ3) is 3.48. The minimum Gasteiger partial charge on any atom is -0.457 e. The van der Waals surface area contributed by atoms with Crippen molar-refractivity contribution >= 4 is 5.97 Å². The molecule has 0 fully saturated rings. The minimum atomic E-state index is -0.433. The van der Waals surface area contributed by atoms with Crippen LogP contribution in [0, 0.1) is 0 Å². The molecular weight excluding hydrogens is 288 g/mol. The standard InChI is InChI=1S/C19H18N2O2/c1-21-13-12-20-17(21)14-23-19(22)18(15-8-4-2-5-9-15)16-10-6-3-7-11-16/h2-13,18H,14H2,1H3. The average molecular weight is 306 g/mol. The molecule has 3 rings (SSSR count). The van der Waals surface area contributed by atoms with Gasteiger partial charge >= 0.3 is 5.97 Å². The highest BCUT2D eigenvalue weighted by molar-refractivity contribution is 5.82. The second-order valence-electron chi connectivity index (χ2n) is 5.32. The van der Waals surface area contributed by atoms with Crippen LogP contribution < -0.4 is 0 Å². The zero-order valence-corrected chi connectivity index (χ0v) is 12.9. The van der Waals surface area contributed by atoms with Crippen LogP contribution in [0.4, 0.5) is 0 Å². The molecule has 0 saturated heterocycles. The number of aromatic nitrogens is 2. The monoisotopic (exact) mass is 306 g/mol. The van der Waals surface area contributed by atoms with E-state index in [4.69, 9.17) is 4.74 Å². The number of carbonyl (C=O) groups excluding carboxylic acids is 1. The average Bonchev–Trinajstić information content (AvgIpc) is 3.00. The Bertz CT molecular complexity index is 727. The van der Waals surface area contributed by atoms with Crippen molar-refractivity contribution in [3.05, 3.63) is 90.0 Å². The lowest BCUT2D eigenvalue weighted by Gasteiger charge is -2.17. The molecule has 0 aliphatic carbocycles. The molecule has 3 aromatic rings. The molecule has 0 radical (unpaired) electrons. The van der Waals surface area contributed by atoms with E-state index in [1.807, 2.05) is 78.5 Å². The van der Waals surface area contributed by atoms with E-state index in [1.54, 1.807) is 6.20 Å². The molecule has 0 aliphatic heterocycles. The van der Waals surface area contributed by atoms with Crippen LogP contribution in [-0.4, -0.2) is 15.5 Å². The van der Waals surface area contributed by atoms with Crippen molar-refractivity contribution in [1.29, 1.82) is 0 Å². The summed E-state index contributed by atoms with van der Waals surface area (Å²) in [6.07, 6.45) is 3.52. The molecule has 0 N–H and O–H groups in total. The predicted octanol–water partition coefficient (Wildman–Crippen LogP) is 3.30. The first kappa shape index (κ1) is 15.0. The summed E-state index contributed by atoms with van der Waals surface area (Å²) >= 11 is 0. The lowest BCUT2D eigenvalue weighted by molar-refractivity contribution is -0.146. The van der Waals surface area contributed by atoms with E-state index in [2.05, 4.69) is 4.98 Å². The number of carbonyl (C=O) groups is 1. The maximum Gasteiger partial charge on any atom is 0.318 e. The van der Waals surface area contributed by atoms with Crippen LogP contribution in [-0.2, 0) is 23.2 Å². The Morgan fingerprint density at radius 2 is 1.61 bits per heavy atom. The molecule has 0 atom stereocenters. The summed E-state index contributed by atoms with van der Waals surface area (Å²) in [5.41, 5.74) is 1.84. The largest absolute Gasteiger partial charge is 0.457 e. The number of ether oxygens (including phenoxy) is 1. The highest BCUT2D eigenvalue weighted by Crippen LogP contribution is 2.26. The number of aryl methyl sites for hydroxylation is 1. The van der Waals surface area contributed by atoms with Gasteiger partial charge in [0.1, 0.15) is 18.3 Å². The highest BCUT2D eigenvalue weighted by atomic mass is 16.5. The molecule has 0 amide bonds. The second kappa shape index (κ2) is 6.92. The zero-order valence-electron chi connectivity index (χ0n) is 12.9. The van der Waals surface area contributed by atoms with Crippen LogP contribution in [0.5, 0.6) is 0 Å². The number of esters is 1. The smallest absolute Gasteiger partial charge is 0.318 e. The number of benzene rings is 2. The summed E-state index contributed by atoms with van der Waals surface area (Å²) in [4.78, 5) is 16.9. The van der Waals surface area contributed by atoms with Gasteiger partial charge in [-0.05, 0) is 11.1 Å². The van der Waals surface area contributed by atoms with Crippen molar-refractivity contribution < 1.29 is 9.53 Å². The van der Waals surface area contributed by atoms with E-state index in [0.717, 1.165) is 17.0 Å². The number of rotatable bonds is 5. The van der Waals surface area contributed by atoms with Crippen LogP contribution in [0.1, 0.15) is 22.9 Å². The molecule has 0 aliphatic rings. The normalized spacial score (nSPS) is 10.7. The fourth-order valence-electron chi connectivity index (χ4n) is 2.51. The summed E-state index contributed by atoms with van der Waals surface area (Å²) in [6, 6.07) is 19.4. The van der Waals surface area contributed by atoms with Gasteiger partial charge in [-0.1, -0.05) is 60.7 Å². The number of hydrogen-bond donors (Lipinski definition) is 0. The summed E-state index contributed by atoms with van der Waals surface area (Å²) in [6.45, 7) is 0.165. The van der Waals surface area contributed by atoms with E-state index in [9.17, 15) is 4.79 Å². The molecule has 116 valence electrons. The summed E-state index contributed by atoms with van der Waals surface area (Å²) in [7, 11) is 1.88.